The van der Waals surface area contributed by atoms with Crippen molar-refractivity contribution >= 4 is 28.9 Å². The van der Waals surface area contributed by atoms with Crippen LogP contribution >= 0.6 is 0 Å². The Hall–Kier alpha value is -3.29. The molecular formula is C17H20N4O4. The smallest absolute Gasteiger partial charge is 0.349 e. The van der Waals surface area contributed by atoms with E-state index < -0.39 is 11.9 Å². The van der Waals surface area contributed by atoms with E-state index in [1.807, 2.05) is 24.3 Å². The minimum Gasteiger partial charge on any atom is -0.480 e. The predicted molar refractivity (Wildman–Crippen MR) is 95.4 cm³/mol. The molecule has 4 N–H and O–H groups in total. The average Bonchev–Trinajstić information content (AvgIpc) is 2.99. The number of nitrogens with one attached hydrogen (secondary N) is 1. The highest BCUT2D eigenvalue weighted by Gasteiger charge is 2.22. The molecule has 0 aliphatic rings. The van der Waals surface area contributed by atoms with Crippen molar-refractivity contribution in [3.8, 4) is 0 Å². The minimum atomic E-state index is -0.836. The predicted octanol–water partition coefficient (Wildman–Crippen LogP) is 2.23. The van der Waals surface area contributed by atoms with Gasteiger partial charge < -0.3 is 25.3 Å². The number of hydrogen-bond donors (Lipinski definition) is 3. The third-order valence-electron chi connectivity index (χ3n) is 3.21. The molecule has 132 valence electrons. The summed E-state index contributed by atoms with van der Waals surface area (Å²) in [6.45, 7) is 3.56. The van der Waals surface area contributed by atoms with Crippen LogP contribution in [0.3, 0.4) is 0 Å². The highest BCUT2D eigenvalue weighted by atomic mass is 16.6. The van der Waals surface area contributed by atoms with Crippen molar-refractivity contribution in [2.75, 3.05) is 13.2 Å². The molecule has 0 unspecified atom stereocenters. The van der Waals surface area contributed by atoms with Gasteiger partial charge in [0.25, 0.3) is 5.95 Å². The molecule has 2 rings (SSSR count). The minimum absolute atomic E-state index is 0.119. The van der Waals surface area contributed by atoms with E-state index in [0.717, 1.165) is 16.5 Å². The lowest BCUT2D eigenvalue weighted by atomic mass is 10.2. The average molecular weight is 344 g/mol. The Bertz CT molecular complexity index is 836. The summed E-state index contributed by atoms with van der Waals surface area (Å²) in [5.74, 6) is -1.79. The molecule has 0 aliphatic carbocycles. The van der Waals surface area contributed by atoms with Crippen LogP contribution in [0.2, 0.25) is 0 Å². The standard InChI is InChI=1S/C17H20N4O4/c1-3-24-16(22)14(17(23)25-4-2)15(18)21-20-10-11-9-19-13-8-6-5-7-12(11)13/h5-10,19,22H,3-4H2,1-2H3,(H2,18,21)/b16-14?,20-10-. The van der Waals surface area contributed by atoms with Crippen molar-refractivity contribution in [2.45, 2.75) is 13.8 Å². The number of aliphatic hydroxyl groups excluding tert-OH is 1. The first-order valence-corrected chi connectivity index (χ1v) is 7.74. The summed E-state index contributed by atoms with van der Waals surface area (Å²) in [5, 5.41) is 18.5. The Morgan fingerprint density at radius 2 is 2.00 bits per heavy atom. The zero-order chi connectivity index (χ0) is 18.2. The van der Waals surface area contributed by atoms with E-state index in [0.29, 0.717) is 0 Å². The molecule has 1 aromatic heterocycles. The van der Waals surface area contributed by atoms with Crippen LogP contribution in [0.1, 0.15) is 19.4 Å². The lowest BCUT2D eigenvalue weighted by Crippen LogP contribution is -2.25. The fourth-order valence-electron chi connectivity index (χ4n) is 2.12. The van der Waals surface area contributed by atoms with E-state index in [-0.39, 0.29) is 24.6 Å². The molecule has 8 heteroatoms. The number of esters is 1. The van der Waals surface area contributed by atoms with Gasteiger partial charge in [0, 0.05) is 22.7 Å². The zero-order valence-corrected chi connectivity index (χ0v) is 14.0. The lowest BCUT2D eigenvalue weighted by Gasteiger charge is -2.08. The van der Waals surface area contributed by atoms with Crippen LogP contribution in [0, 0.1) is 0 Å². The summed E-state index contributed by atoms with van der Waals surface area (Å²) in [7, 11) is 0. The number of para-hydroxylation sites is 1. The molecule has 0 bridgehead atoms. The second kappa shape index (κ2) is 8.53. The molecule has 25 heavy (non-hydrogen) atoms. The summed E-state index contributed by atoms with van der Waals surface area (Å²) >= 11 is 0. The van der Waals surface area contributed by atoms with Crippen LogP contribution in [0.15, 0.2) is 52.2 Å². The number of nitrogens with two attached hydrogens (primary N) is 1. The molecule has 0 radical (unpaired) electrons. The Kier molecular flexibility index (Phi) is 6.16. The highest BCUT2D eigenvalue weighted by molar-refractivity contribution is 6.18. The van der Waals surface area contributed by atoms with Gasteiger partial charge in [-0.15, -0.1) is 5.10 Å². The van der Waals surface area contributed by atoms with Crippen molar-refractivity contribution < 1.29 is 19.4 Å². The van der Waals surface area contributed by atoms with E-state index in [1.54, 1.807) is 20.0 Å². The Balaban J connectivity index is 2.27. The number of aliphatic hydroxyl groups is 1. The van der Waals surface area contributed by atoms with E-state index in [2.05, 4.69) is 15.2 Å². The maximum atomic E-state index is 11.9. The number of aromatic amines is 1. The van der Waals surface area contributed by atoms with Gasteiger partial charge in [0.1, 0.15) is 0 Å². The van der Waals surface area contributed by atoms with E-state index in [4.69, 9.17) is 15.2 Å². The largest absolute Gasteiger partial charge is 0.480 e. The third-order valence-corrected chi connectivity index (χ3v) is 3.21. The summed E-state index contributed by atoms with van der Waals surface area (Å²) in [5.41, 5.74) is 7.17. The first-order valence-electron chi connectivity index (χ1n) is 7.74. The molecule has 0 saturated heterocycles. The maximum Gasteiger partial charge on any atom is 0.349 e. The van der Waals surface area contributed by atoms with E-state index in [1.165, 1.54) is 6.21 Å². The van der Waals surface area contributed by atoms with Crippen LogP contribution < -0.4 is 5.73 Å². The molecule has 0 atom stereocenters. The molecule has 8 nitrogen and oxygen atoms in total. The van der Waals surface area contributed by atoms with Crippen molar-refractivity contribution in [1.82, 2.24) is 4.98 Å². The number of amidine groups is 1. The van der Waals surface area contributed by atoms with Crippen molar-refractivity contribution in [1.29, 1.82) is 0 Å². The first kappa shape index (κ1) is 18.1. The van der Waals surface area contributed by atoms with Gasteiger partial charge in [-0.3, -0.25) is 0 Å². The van der Waals surface area contributed by atoms with E-state index >= 15 is 0 Å². The molecule has 1 aromatic carbocycles. The Morgan fingerprint density at radius 3 is 2.72 bits per heavy atom. The van der Waals surface area contributed by atoms with Crippen molar-refractivity contribution in [2.24, 2.45) is 15.9 Å². The van der Waals surface area contributed by atoms with Gasteiger partial charge in [0.2, 0.25) is 0 Å². The number of carbonyl (C=O) groups is 1. The number of nitrogens with zero attached hydrogens (tertiary/aromatic N) is 2. The Labute approximate surface area is 144 Å². The number of benzene rings is 1. The van der Waals surface area contributed by atoms with Gasteiger partial charge in [-0.1, -0.05) is 18.2 Å². The van der Waals surface area contributed by atoms with Gasteiger partial charge >= 0.3 is 5.97 Å². The monoisotopic (exact) mass is 344 g/mol. The van der Waals surface area contributed by atoms with Gasteiger partial charge in [0.15, 0.2) is 11.4 Å². The van der Waals surface area contributed by atoms with Gasteiger partial charge in [-0.2, -0.15) is 5.10 Å². The fourth-order valence-corrected chi connectivity index (χ4v) is 2.12. The molecule has 1 heterocycles. The SMILES string of the molecule is CCOC(=O)C(C(N)=N/N=C\c1c[nH]c2ccccc12)=C(O)OCC. The topological polar surface area (TPSA) is 122 Å². The lowest BCUT2D eigenvalue weighted by molar-refractivity contribution is -0.138. The number of fused-ring (bicyclic) bond motifs is 1. The molecular weight excluding hydrogens is 324 g/mol. The molecule has 2 aromatic rings. The van der Waals surface area contributed by atoms with Gasteiger partial charge in [0.05, 0.1) is 19.4 Å². The fraction of sp³-hybridized carbons (Fsp3) is 0.235. The van der Waals surface area contributed by atoms with E-state index in [9.17, 15) is 9.90 Å². The zero-order valence-electron chi connectivity index (χ0n) is 14.0. The van der Waals surface area contributed by atoms with Crippen LogP contribution in [-0.2, 0) is 14.3 Å². The number of rotatable bonds is 7. The first-order chi connectivity index (χ1) is 12.1. The molecule has 0 amide bonds. The second-order valence-corrected chi connectivity index (χ2v) is 4.85. The van der Waals surface area contributed by atoms with Crippen LogP contribution in [0.5, 0.6) is 0 Å². The number of hydrogen-bond acceptors (Lipinski definition) is 6. The van der Waals surface area contributed by atoms with Crippen LogP contribution in [-0.4, -0.2) is 41.3 Å². The quantitative estimate of drug-likeness (QED) is 0.177. The molecule has 0 fully saturated rings. The Morgan fingerprint density at radius 1 is 1.28 bits per heavy atom. The maximum absolute atomic E-state index is 11.9. The normalized spacial score (nSPS) is 13.1. The summed E-state index contributed by atoms with van der Waals surface area (Å²) in [6, 6.07) is 7.70. The van der Waals surface area contributed by atoms with Crippen LogP contribution in [0.4, 0.5) is 0 Å². The third kappa shape index (κ3) is 4.37. The molecule has 0 aliphatic heterocycles. The number of ether oxygens (including phenoxy) is 2. The number of H-pyrrole nitrogens is 1. The summed E-state index contributed by atoms with van der Waals surface area (Å²) in [4.78, 5) is 15.0. The summed E-state index contributed by atoms with van der Waals surface area (Å²) in [6.07, 6.45) is 3.27. The molecule has 0 spiro atoms. The van der Waals surface area contributed by atoms with Crippen LogP contribution in [0.25, 0.3) is 10.9 Å². The number of carbonyl (C=O) groups excluding carboxylic acids is 1. The number of aromatic nitrogens is 1. The highest BCUT2D eigenvalue weighted by Crippen LogP contribution is 2.15. The van der Waals surface area contributed by atoms with Gasteiger partial charge in [-0.05, 0) is 19.9 Å². The molecule has 0 saturated carbocycles. The van der Waals surface area contributed by atoms with Crippen molar-refractivity contribution in [3.05, 3.63) is 47.5 Å². The van der Waals surface area contributed by atoms with Crippen molar-refractivity contribution in [3.63, 3.8) is 0 Å². The second-order valence-electron chi connectivity index (χ2n) is 4.85. The summed E-state index contributed by atoms with van der Waals surface area (Å²) < 4.78 is 9.77. The van der Waals surface area contributed by atoms with Gasteiger partial charge in [-0.25, -0.2) is 4.79 Å².